The molecule has 1 aliphatic carbocycles. The number of hydrogen-bond donors (Lipinski definition) is 0. The molecule has 0 saturated heterocycles. The number of rotatable bonds is 11. The van der Waals surface area contributed by atoms with Crippen LogP contribution < -0.4 is 0 Å². The second-order valence-electron chi connectivity index (χ2n) is 8.99. The maximum atomic E-state index is 14.1. The molecule has 1 saturated carbocycles. The highest BCUT2D eigenvalue weighted by Crippen LogP contribution is 2.66. The van der Waals surface area contributed by atoms with E-state index in [1.165, 1.54) is 0 Å². The minimum Gasteiger partial charge on any atom is -0.199 e. The van der Waals surface area contributed by atoms with E-state index >= 15 is 0 Å². The van der Waals surface area contributed by atoms with E-state index in [0.29, 0.717) is 19.3 Å². The van der Waals surface area contributed by atoms with Gasteiger partial charge in [0.2, 0.25) is 0 Å². The average Bonchev–Trinajstić information content (AvgIpc) is 2.77. The van der Waals surface area contributed by atoms with Crippen LogP contribution in [0.2, 0.25) is 0 Å². The van der Waals surface area contributed by atoms with E-state index in [1.54, 1.807) is 0 Å². The van der Waals surface area contributed by atoms with Gasteiger partial charge in [0.1, 0.15) is 0 Å². The van der Waals surface area contributed by atoms with Gasteiger partial charge in [-0.25, -0.2) is 0 Å². The molecular weight excluding hydrogens is 754 g/mol. The maximum Gasteiger partial charge on any atom is 0.460 e. The molecule has 0 radical (unpaired) electrons. The maximum absolute atomic E-state index is 14.1. The summed E-state index contributed by atoms with van der Waals surface area (Å²) in [5, 5.41) is 0. The highest BCUT2D eigenvalue weighted by Gasteiger charge is 2.97. The van der Waals surface area contributed by atoms with E-state index in [4.69, 9.17) is 0 Å². The first kappa shape index (κ1) is 38.0. The largest absolute Gasteiger partial charge is 0.460 e. The Labute approximate surface area is 228 Å². The smallest absolute Gasteiger partial charge is 0.199 e. The van der Waals surface area contributed by atoms with Gasteiger partial charge in [0.05, 0.1) is 0 Å². The Morgan fingerprint density at radius 1 is 0.463 bits per heavy atom. The van der Waals surface area contributed by atoms with E-state index in [1.807, 2.05) is 0 Å². The number of hydrogen-bond acceptors (Lipinski definition) is 0. The van der Waals surface area contributed by atoms with Crippen molar-refractivity contribution < 1.29 is 92.2 Å². The summed E-state index contributed by atoms with van der Waals surface area (Å²) in [5.41, 5.74) is 0. The molecule has 22 heteroatoms. The molecule has 41 heavy (non-hydrogen) atoms. The summed E-state index contributed by atoms with van der Waals surface area (Å²) < 4.78 is 281. The van der Waals surface area contributed by atoms with Crippen molar-refractivity contribution >= 4 is 22.6 Å². The quantitative estimate of drug-likeness (QED) is 0.145. The third kappa shape index (κ3) is 5.67. The molecule has 0 N–H and O–H groups in total. The van der Waals surface area contributed by atoms with Gasteiger partial charge in [-0.1, -0.05) is 25.3 Å². The molecule has 0 spiro atoms. The van der Waals surface area contributed by atoms with Gasteiger partial charge in [0, 0.05) is 6.42 Å². The Morgan fingerprint density at radius 3 is 1.07 bits per heavy atom. The van der Waals surface area contributed by atoms with Crippen molar-refractivity contribution in [2.75, 3.05) is 0 Å². The number of halogens is 22. The molecule has 0 atom stereocenters. The summed E-state index contributed by atoms with van der Waals surface area (Å²) in [5.74, 6) is -77.2. The topological polar surface area (TPSA) is 0 Å². The highest BCUT2D eigenvalue weighted by atomic mass is 127. The van der Waals surface area contributed by atoms with Crippen LogP contribution >= 0.6 is 22.6 Å². The SMILES string of the molecule is FC(F)(F)C(F)(F)C(F)(F)C(F)(F)C(F)(F)C(F)(F)C(F)(F)C(F)(F)C(F)(F)C(F)(F)C/C(I)=C\C1CCCCC1. The van der Waals surface area contributed by atoms with Crippen LogP contribution in [0.3, 0.4) is 0 Å². The van der Waals surface area contributed by atoms with E-state index in [-0.39, 0.29) is 12.8 Å². The number of allylic oxidation sites excluding steroid dienone is 2. The minimum atomic E-state index is -9.15. The summed E-state index contributed by atoms with van der Waals surface area (Å²) in [4.78, 5) is 0. The number of alkyl halides is 21. The van der Waals surface area contributed by atoms with Crippen molar-refractivity contribution in [1.82, 2.24) is 0 Å². The van der Waals surface area contributed by atoms with Crippen molar-refractivity contribution in [2.24, 2.45) is 5.92 Å². The fourth-order valence-corrected chi connectivity index (χ4v) is 4.52. The second kappa shape index (κ2) is 10.9. The molecular formula is C19H14F21I. The Balaban J connectivity index is 3.61. The summed E-state index contributed by atoms with van der Waals surface area (Å²) >= 11 is 0.822. The van der Waals surface area contributed by atoms with E-state index in [0.717, 1.165) is 28.7 Å². The lowest BCUT2D eigenvalue weighted by Gasteiger charge is -2.44. The summed E-state index contributed by atoms with van der Waals surface area (Å²) in [7, 11) is 0. The third-order valence-electron chi connectivity index (χ3n) is 6.03. The second-order valence-corrected chi connectivity index (χ2v) is 10.4. The first-order valence-corrected chi connectivity index (χ1v) is 11.6. The van der Waals surface area contributed by atoms with Gasteiger partial charge in [-0.15, -0.1) is 0 Å². The van der Waals surface area contributed by atoms with E-state index in [2.05, 4.69) is 0 Å². The summed E-state index contributed by atoms with van der Waals surface area (Å²) in [6, 6.07) is 0. The van der Waals surface area contributed by atoms with Crippen LogP contribution in [0.5, 0.6) is 0 Å². The van der Waals surface area contributed by atoms with Gasteiger partial charge in [0.25, 0.3) is 0 Å². The zero-order valence-corrected chi connectivity index (χ0v) is 21.4. The Hall–Kier alpha value is -1.00. The molecule has 0 unspecified atom stereocenters. The first-order chi connectivity index (χ1) is 17.7. The molecule has 0 aliphatic heterocycles. The predicted octanol–water partition coefficient (Wildman–Crippen LogP) is 10.6. The Kier molecular flexibility index (Phi) is 10.1. The van der Waals surface area contributed by atoms with Crippen LogP contribution in [0.25, 0.3) is 0 Å². The summed E-state index contributed by atoms with van der Waals surface area (Å²) in [6.07, 6.45) is -7.77. The monoisotopic (exact) mass is 768 g/mol. The van der Waals surface area contributed by atoms with Crippen molar-refractivity contribution in [2.45, 2.75) is 98.0 Å². The fraction of sp³-hybridized carbons (Fsp3) is 0.895. The van der Waals surface area contributed by atoms with Crippen molar-refractivity contribution in [3.63, 3.8) is 0 Å². The molecule has 1 aliphatic rings. The lowest BCUT2D eigenvalue weighted by atomic mass is 9.85. The van der Waals surface area contributed by atoms with Crippen LogP contribution in [-0.4, -0.2) is 59.5 Å². The van der Waals surface area contributed by atoms with Crippen LogP contribution in [0.15, 0.2) is 9.66 Å². The molecule has 1 rings (SSSR count). The van der Waals surface area contributed by atoms with Gasteiger partial charge in [-0.3, -0.25) is 0 Å². The lowest BCUT2D eigenvalue weighted by Crippen LogP contribution is -2.76. The Bertz CT molecular complexity index is 954. The summed E-state index contributed by atoms with van der Waals surface area (Å²) in [6.45, 7) is 0. The molecule has 0 aromatic rings. The molecule has 0 aromatic heterocycles. The van der Waals surface area contributed by atoms with Gasteiger partial charge in [-0.2, -0.15) is 92.2 Å². The van der Waals surface area contributed by atoms with Crippen LogP contribution in [0, 0.1) is 5.92 Å². The predicted molar refractivity (Wildman–Crippen MR) is 104 cm³/mol. The van der Waals surface area contributed by atoms with Gasteiger partial charge >= 0.3 is 59.5 Å². The Morgan fingerprint density at radius 2 is 0.756 bits per heavy atom. The van der Waals surface area contributed by atoms with Crippen molar-refractivity contribution in [3.05, 3.63) is 9.66 Å². The minimum absolute atomic E-state index is 0.246. The highest BCUT2D eigenvalue weighted by molar-refractivity contribution is 14.1. The van der Waals surface area contributed by atoms with Gasteiger partial charge in [0.15, 0.2) is 0 Å². The van der Waals surface area contributed by atoms with Crippen molar-refractivity contribution in [1.29, 1.82) is 0 Å². The third-order valence-corrected chi connectivity index (χ3v) is 6.77. The standard InChI is InChI=1S/C19H14F21I/c20-10(21,7-9(41)6-8-4-2-1-3-5-8)11(22,23)12(24,25)13(26,27)14(28,29)15(30,31)16(32,33)17(34,35)18(36,37)19(38,39)40/h6,8H,1-5,7H2/b9-6+. The van der Waals surface area contributed by atoms with E-state index < -0.39 is 75.4 Å². The zero-order valence-electron chi connectivity index (χ0n) is 19.2. The molecule has 244 valence electrons. The molecule has 0 heterocycles. The van der Waals surface area contributed by atoms with Gasteiger partial charge in [-0.05, 0) is 44.9 Å². The van der Waals surface area contributed by atoms with Crippen LogP contribution in [-0.2, 0) is 0 Å². The molecule has 1 fully saturated rings. The zero-order chi connectivity index (χ0) is 33.1. The molecule has 0 nitrogen and oxygen atoms in total. The fourth-order valence-electron chi connectivity index (χ4n) is 3.53. The van der Waals surface area contributed by atoms with E-state index in [9.17, 15) is 92.2 Å². The van der Waals surface area contributed by atoms with Crippen LogP contribution in [0.1, 0.15) is 38.5 Å². The van der Waals surface area contributed by atoms with Crippen molar-refractivity contribution in [3.8, 4) is 0 Å². The molecule has 0 amide bonds. The normalized spacial score (nSPS) is 19.1. The average molecular weight is 768 g/mol. The van der Waals surface area contributed by atoms with Crippen LogP contribution in [0.4, 0.5) is 92.2 Å². The van der Waals surface area contributed by atoms with Gasteiger partial charge < -0.3 is 0 Å². The lowest BCUT2D eigenvalue weighted by molar-refractivity contribution is -0.474. The molecule has 0 aromatic carbocycles. The molecule has 0 bridgehead atoms. The first-order valence-electron chi connectivity index (χ1n) is 10.6.